The molecule has 0 aliphatic heterocycles. The van der Waals surface area contributed by atoms with Crippen molar-refractivity contribution in [1.29, 1.82) is 0 Å². The van der Waals surface area contributed by atoms with Crippen LogP contribution < -0.4 is 0 Å². The van der Waals surface area contributed by atoms with Gasteiger partial charge in [-0.05, 0) is 47.2 Å². The molecule has 0 radical (unpaired) electrons. The Bertz CT molecular complexity index is 580. The first-order chi connectivity index (χ1) is 8.61. The molecule has 0 bridgehead atoms. The Morgan fingerprint density at radius 2 is 2.28 bits per heavy atom. The van der Waals surface area contributed by atoms with Crippen LogP contribution in [-0.2, 0) is 6.54 Å². The molecule has 0 unspecified atom stereocenters. The van der Waals surface area contributed by atoms with Gasteiger partial charge in [-0.15, -0.1) is 0 Å². The van der Waals surface area contributed by atoms with E-state index >= 15 is 0 Å². The second-order valence-corrected chi connectivity index (χ2v) is 6.05. The van der Waals surface area contributed by atoms with Gasteiger partial charge in [-0.2, -0.15) is 5.10 Å². The number of carbonyl (C=O) groups is 1. The van der Waals surface area contributed by atoms with E-state index in [4.69, 9.17) is 0 Å². The summed E-state index contributed by atoms with van der Waals surface area (Å²) in [6.45, 7) is 2.92. The molecule has 3 nitrogen and oxygen atoms in total. The lowest BCUT2D eigenvalue weighted by molar-refractivity contribution is 0.103. The quantitative estimate of drug-likeness (QED) is 0.557. The predicted octanol–water partition coefficient (Wildman–Crippen LogP) is 3.89. The van der Waals surface area contributed by atoms with E-state index < -0.39 is 0 Å². The van der Waals surface area contributed by atoms with Crippen molar-refractivity contribution in [1.82, 2.24) is 9.78 Å². The van der Waals surface area contributed by atoms with Gasteiger partial charge in [0.2, 0.25) is 0 Å². The van der Waals surface area contributed by atoms with E-state index in [0.717, 1.165) is 21.0 Å². The third-order valence-electron chi connectivity index (χ3n) is 2.52. The molecule has 0 saturated carbocycles. The molecule has 0 saturated heterocycles. The number of rotatable bonds is 4. The number of aromatic nitrogens is 2. The number of halogens is 2. The molecule has 0 aliphatic carbocycles. The molecule has 18 heavy (non-hydrogen) atoms. The largest absolute Gasteiger partial charge is 0.288 e. The van der Waals surface area contributed by atoms with Crippen molar-refractivity contribution in [3.05, 3.63) is 49.8 Å². The Kier molecular flexibility index (Phi) is 4.55. The minimum absolute atomic E-state index is 0.00254. The standard InChI is InChI=1S/C13H12BrIN2O/c1-2-5-17-8-9(7-16-17)13(18)11-6-10(15)3-4-12(11)14/h3-4,6-8H,2,5H2,1H3. The van der Waals surface area contributed by atoms with Crippen LogP contribution in [0.15, 0.2) is 35.1 Å². The number of hydrogen-bond donors (Lipinski definition) is 0. The molecular formula is C13H12BrIN2O. The van der Waals surface area contributed by atoms with E-state index in [-0.39, 0.29) is 5.78 Å². The first-order valence-corrected chi connectivity index (χ1v) is 7.51. The Morgan fingerprint density at radius 3 is 3.00 bits per heavy atom. The highest BCUT2D eigenvalue weighted by Crippen LogP contribution is 2.22. The minimum Gasteiger partial charge on any atom is -0.288 e. The van der Waals surface area contributed by atoms with Crippen LogP contribution in [0.5, 0.6) is 0 Å². The first kappa shape index (κ1) is 13.7. The Morgan fingerprint density at radius 1 is 1.50 bits per heavy atom. The number of ketones is 1. The van der Waals surface area contributed by atoms with E-state index in [1.54, 1.807) is 17.1 Å². The summed E-state index contributed by atoms with van der Waals surface area (Å²) >= 11 is 5.61. The second kappa shape index (κ2) is 5.97. The summed E-state index contributed by atoms with van der Waals surface area (Å²) in [5.74, 6) is 0.00254. The zero-order valence-corrected chi connectivity index (χ0v) is 13.6. The minimum atomic E-state index is 0.00254. The van der Waals surface area contributed by atoms with Crippen LogP contribution >= 0.6 is 38.5 Å². The van der Waals surface area contributed by atoms with Crippen LogP contribution in [-0.4, -0.2) is 15.6 Å². The summed E-state index contributed by atoms with van der Waals surface area (Å²) in [4.78, 5) is 12.4. The van der Waals surface area contributed by atoms with Crippen molar-refractivity contribution in [2.45, 2.75) is 19.9 Å². The molecule has 0 aliphatic rings. The van der Waals surface area contributed by atoms with E-state index in [9.17, 15) is 4.79 Å². The van der Waals surface area contributed by atoms with Gasteiger partial charge >= 0.3 is 0 Å². The van der Waals surface area contributed by atoms with Gasteiger partial charge in [0.1, 0.15) is 0 Å². The fourth-order valence-corrected chi connectivity index (χ4v) is 2.58. The lowest BCUT2D eigenvalue weighted by atomic mass is 10.1. The van der Waals surface area contributed by atoms with Gasteiger partial charge in [-0.1, -0.05) is 22.9 Å². The summed E-state index contributed by atoms with van der Waals surface area (Å²) < 4.78 is 3.66. The highest BCUT2D eigenvalue weighted by molar-refractivity contribution is 14.1. The highest BCUT2D eigenvalue weighted by Gasteiger charge is 2.14. The van der Waals surface area contributed by atoms with Crippen molar-refractivity contribution in [3.8, 4) is 0 Å². The summed E-state index contributed by atoms with van der Waals surface area (Å²) in [5.41, 5.74) is 1.31. The lowest BCUT2D eigenvalue weighted by Crippen LogP contribution is -2.02. The smallest absolute Gasteiger partial charge is 0.197 e. The second-order valence-electron chi connectivity index (χ2n) is 3.95. The molecule has 0 N–H and O–H groups in total. The zero-order chi connectivity index (χ0) is 13.1. The number of carbonyl (C=O) groups excluding carboxylic acids is 1. The third-order valence-corrected chi connectivity index (χ3v) is 3.88. The molecule has 0 spiro atoms. The van der Waals surface area contributed by atoms with Gasteiger partial charge in [0.25, 0.3) is 0 Å². The fraction of sp³-hybridized carbons (Fsp3) is 0.231. The summed E-state index contributed by atoms with van der Waals surface area (Å²) in [7, 11) is 0. The van der Waals surface area contributed by atoms with Crippen LogP contribution in [0.3, 0.4) is 0 Å². The monoisotopic (exact) mass is 418 g/mol. The first-order valence-electron chi connectivity index (χ1n) is 5.64. The van der Waals surface area contributed by atoms with E-state index in [0.29, 0.717) is 11.1 Å². The maximum absolute atomic E-state index is 12.4. The number of nitrogens with zero attached hydrogens (tertiary/aromatic N) is 2. The third kappa shape index (κ3) is 3.00. The van der Waals surface area contributed by atoms with E-state index in [2.05, 4.69) is 50.5 Å². The maximum atomic E-state index is 12.4. The summed E-state index contributed by atoms with van der Waals surface area (Å²) in [6.07, 6.45) is 4.44. The SMILES string of the molecule is CCCn1cc(C(=O)c2cc(I)ccc2Br)cn1. The molecule has 0 atom stereocenters. The van der Waals surface area contributed by atoms with Crippen LogP contribution in [0.25, 0.3) is 0 Å². The number of hydrogen-bond acceptors (Lipinski definition) is 2. The van der Waals surface area contributed by atoms with Gasteiger partial charge in [-0.25, -0.2) is 0 Å². The van der Waals surface area contributed by atoms with Crippen molar-refractivity contribution < 1.29 is 4.79 Å². The molecule has 1 heterocycles. The Labute approximate surface area is 128 Å². The average Bonchev–Trinajstić information content (AvgIpc) is 2.80. The predicted molar refractivity (Wildman–Crippen MR) is 82.8 cm³/mol. The lowest BCUT2D eigenvalue weighted by Gasteiger charge is -2.02. The molecule has 0 fully saturated rings. The molecular weight excluding hydrogens is 407 g/mol. The topological polar surface area (TPSA) is 34.9 Å². The number of aryl methyl sites for hydroxylation is 1. The molecule has 1 aromatic carbocycles. The van der Waals surface area contributed by atoms with E-state index in [1.165, 1.54) is 0 Å². The Balaban J connectivity index is 2.32. The van der Waals surface area contributed by atoms with Gasteiger partial charge in [0.15, 0.2) is 5.78 Å². The van der Waals surface area contributed by atoms with Crippen molar-refractivity contribution >= 4 is 44.3 Å². The van der Waals surface area contributed by atoms with Gasteiger partial charge in [-0.3, -0.25) is 9.48 Å². The summed E-state index contributed by atoms with van der Waals surface area (Å²) in [5, 5.41) is 4.18. The molecule has 1 aromatic heterocycles. The average molecular weight is 419 g/mol. The molecule has 0 amide bonds. The normalized spacial score (nSPS) is 10.6. The van der Waals surface area contributed by atoms with Crippen molar-refractivity contribution in [2.75, 3.05) is 0 Å². The maximum Gasteiger partial charge on any atom is 0.197 e. The zero-order valence-electron chi connectivity index (χ0n) is 9.86. The van der Waals surface area contributed by atoms with Crippen molar-refractivity contribution in [3.63, 3.8) is 0 Å². The highest BCUT2D eigenvalue weighted by atomic mass is 127. The van der Waals surface area contributed by atoms with Gasteiger partial charge in [0.05, 0.1) is 11.8 Å². The van der Waals surface area contributed by atoms with Crippen LogP contribution in [0.4, 0.5) is 0 Å². The molecule has 2 rings (SSSR count). The van der Waals surface area contributed by atoms with Crippen LogP contribution in [0.2, 0.25) is 0 Å². The van der Waals surface area contributed by atoms with Gasteiger partial charge in [0, 0.05) is 26.3 Å². The number of benzene rings is 1. The molecule has 94 valence electrons. The van der Waals surface area contributed by atoms with Gasteiger partial charge < -0.3 is 0 Å². The fourth-order valence-electron chi connectivity index (χ4n) is 1.66. The van der Waals surface area contributed by atoms with Crippen molar-refractivity contribution in [2.24, 2.45) is 0 Å². The molecule has 5 heteroatoms. The van der Waals surface area contributed by atoms with E-state index in [1.807, 2.05) is 18.2 Å². The van der Waals surface area contributed by atoms with Crippen LogP contribution in [0.1, 0.15) is 29.3 Å². The Hall–Kier alpha value is -0.690. The van der Waals surface area contributed by atoms with Crippen LogP contribution in [0, 0.1) is 3.57 Å². The summed E-state index contributed by atoms with van der Waals surface area (Å²) in [6, 6.07) is 5.73. The molecule has 2 aromatic rings.